The van der Waals surface area contributed by atoms with Crippen LogP contribution in [-0.2, 0) is 21.5 Å². The predicted octanol–water partition coefficient (Wildman–Crippen LogP) is 4.93. The van der Waals surface area contributed by atoms with Crippen molar-refractivity contribution >= 4 is 40.3 Å². The van der Waals surface area contributed by atoms with Crippen LogP contribution in [0.1, 0.15) is 85.2 Å². The summed E-state index contributed by atoms with van der Waals surface area (Å²) in [6, 6.07) is 10.3. The minimum Gasteiger partial charge on any atom is -0.480 e. The Bertz CT molecular complexity index is 1230. The number of aromatic nitrogens is 1. The van der Waals surface area contributed by atoms with Crippen molar-refractivity contribution in [3.63, 3.8) is 0 Å². The van der Waals surface area contributed by atoms with Crippen molar-refractivity contribution in [1.29, 1.82) is 5.41 Å². The summed E-state index contributed by atoms with van der Waals surface area (Å²) in [6.45, 7) is 8.32. The van der Waals surface area contributed by atoms with E-state index in [1.54, 1.807) is 0 Å². The summed E-state index contributed by atoms with van der Waals surface area (Å²) in [5.74, 6) is -0.0913. The maximum Gasteiger partial charge on any atom is 0.329 e. The number of rotatable bonds is 8. The van der Waals surface area contributed by atoms with E-state index >= 15 is 0 Å². The first-order valence-electron chi connectivity index (χ1n) is 13.2. The first-order valence-corrected chi connectivity index (χ1v) is 13.2. The molecule has 2 N–H and O–H groups in total. The molecule has 38 heavy (non-hydrogen) atoms. The molecule has 1 aromatic carbocycles. The number of carboxylic acid groups (broad SMARTS) is 1. The minimum atomic E-state index is -0.947. The molecule has 0 bridgehead atoms. The predicted molar refractivity (Wildman–Crippen MR) is 152 cm³/mol. The number of carboxylic acids is 1. The van der Waals surface area contributed by atoms with Crippen molar-refractivity contribution in [2.24, 2.45) is 0 Å². The molecule has 8 nitrogen and oxygen atoms in total. The van der Waals surface area contributed by atoms with Gasteiger partial charge in [-0.3, -0.25) is 10.2 Å². The van der Waals surface area contributed by atoms with E-state index in [0.29, 0.717) is 29.6 Å². The molecule has 0 unspecified atom stereocenters. The van der Waals surface area contributed by atoms with Crippen molar-refractivity contribution in [1.82, 2.24) is 9.88 Å². The monoisotopic (exact) mass is 584 g/mol. The van der Waals surface area contributed by atoms with Crippen molar-refractivity contribution < 1.29 is 19.4 Å². The van der Waals surface area contributed by atoms with E-state index in [1.807, 2.05) is 17.0 Å². The lowest BCUT2D eigenvalue weighted by Crippen LogP contribution is -2.38. The standard InChI is InChI=1S/C29H36N4O4.BrH/c1-29(2,3)21-12-20(13-22(14-21)32-10-8-23(9-11-32)37-17-26(35)36)25(34)16-33-15-19-6-7-24(18-4-5-18)31-27(19)28(33)30;/h6-7,12-14,18,23,30H,4-5,8-11,15-17H2,1-3H3,(H,35,36);1H. The fourth-order valence-electron chi connectivity index (χ4n) is 5.13. The molecule has 9 heteroatoms. The van der Waals surface area contributed by atoms with Gasteiger partial charge in [-0.15, -0.1) is 17.0 Å². The second kappa shape index (κ2) is 11.1. The number of carbonyl (C=O) groups excluding carboxylic acids is 1. The number of amidine groups is 1. The van der Waals surface area contributed by atoms with Crippen LogP contribution >= 0.6 is 17.0 Å². The van der Waals surface area contributed by atoms with Crippen molar-refractivity contribution in [2.75, 3.05) is 31.1 Å². The molecule has 0 amide bonds. The molecule has 204 valence electrons. The molecule has 1 saturated heterocycles. The molecule has 2 fully saturated rings. The molecule has 1 aromatic heterocycles. The van der Waals surface area contributed by atoms with E-state index in [0.717, 1.165) is 48.4 Å². The highest BCUT2D eigenvalue weighted by Gasteiger charge is 2.32. The Hall–Kier alpha value is -2.78. The van der Waals surface area contributed by atoms with E-state index in [9.17, 15) is 9.59 Å². The molecule has 1 saturated carbocycles. The number of anilines is 1. The molecule has 0 radical (unpaired) electrons. The maximum absolute atomic E-state index is 13.5. The lowest BCUT2D eigenvalue weighted by Gasteiger charge is -2.34. The zero-order valence-corrected chi connectivity index (χ0v) is 24.0. The van der Waals surface area contributed by atoms with Crippen LogP contribution < -0.4 is 4.90 Å². The molecular formula is C29H37BrN4O4. The van der Waals surface area contributed by atoms with Gasteiger partial charge in [-0.25, -0.2) is 9.78 Å². The largest absolute Gasteiger partial charge is 0.480 e. The molecular weight excluding hydrogens is 548 g/mol. The number of ether oxygens (including phenoxy) is 1. The number of hydrogen-bond donors (Lipinski definition) is 2. The molecule has 0 spiro atoms. The Morgan fingerprint density at radius 3 is 2.45 bits per heavy atom. The van der Waals surface area contributed by atoms with Crippen LogP contribution in [0.5, 0.6) is 0 Å². The first kappa shape index (κ1) is 28.2. The van der Waals surface area contributed by atoms with Gasteiger partial charge in [0.1, 0.15) is 18.1 Å². The quantitative estimate of drug-likeness (QED) is 0.424. The van der Waals surface area contributed by atoms with Crippen LogP contribution in [0.25, 0.3) is 0 Å². The summed E-state index contributed by atoms with van der Waals surface area (Å²) < 4.78 is 5.49. The summed E-state index contributed by atoms with van der Waals surface area (Å²) in [5, 5.41) is 17.6. The second-order valence-corrected chi connectivity index (χ2v) is 11.6. The van der Waals surface area contributed by atoms with E-state index in [1.165, 1.54) is 12.8 Å². The summed E-state index contributed by atoms with van der Waals surface area (Å²) in [6.07, 6.45) is 3.77. The number of ketones is 1. The fraction of sp³-hybridized carbons (Fsp3) is 0.517. The third-order valence-electron chi connectivity index (χ3n) is 7.59. The van der Waals surface area contributed by atoms with E-state index in [4.69, 9.17) is 20.2 Å². The van der Waals surface area contributed by atoms with Crippen molar-refractivity contribution in [2.45, 2.75) is 70.4 Å². The van der Waals surface area contributed by atoms with Gasteiger partial charge in [-0.05, 0) is 60.9 Å². The Balaban J connectivity index is 0.00000336. The van der Waals surface area contributed by atoms with E-state index in [2.05, 4.69) is 43.9 Å². The van der Waals surface area contributed by atoms with Gasteiger partial charge >= 0.3 is 5.97 Å². The summed E-state index contributed by atoms with van der Waals surface area (Å²) in [4.78, 5) is 33.2. The van der Waals surface area contributed by atoms with Crippen molar-refractivity contribution in [3.8, 4) is 0 Å². The molecule has 3 heterocycles. The van der Waals surface area contributed by atoms with E-state index in [-0.39, 0.29) is 47.4 Å². The second-order valence-electron chi connectivity index (χ2n) is 11.6. The molecule has 0 atom stereocenters. The highest BCUT2D eigenvalue weighted by atomic mass is 79.9. The van der Waals surface area contributed by atoms with Gasteiger partial charge in [-0.2, -0.15) is 0 Å². The van der Waals surface area contributed by atoms with Gasteiger partial charge in [-0.1, -0.05) is 26.8 Å². The van der Waals surface area contributed by atoms with Crippen LogP contribution in [0.15, 0.2) is 30.3 Å². The van der Waals surface area contributed by atoms with Gasteiger partial charge in [0.25, 0.3) is 0 Å². The minimum absolute atomic E-state index is 0. The lowest BCUT2D eigenvalue weighted by molar-refractivity contribution is -0.144. The number of nitrogens with one attached hydrogen (secondary N) is 1. The van der Waals surface area contributed by atoms with Crippen LogP contribution in [-0.4, -0.2) is 64.9 Å². The number of aliphatic carboxylic acids is 1. The first-order chi connectivity index (χ1) is 17.6. The van der Waals surface area contributed by atoms with Crippen LogP contribution in [0.4, 0.5) is 5.69 Å². The maximum atomic E-state index is 13.5. The molecule has 3 aliphatic rings. The number of halogens is 1. The third-order valence-corrected chi connectivity index (χ3v) is 7.59. The van der Waals surface area contributed by atoms with Gasteiger partial charge in [0.2, 0.25) is 0 Å². The Morgan fingerprint density at radius 2 is 1.82 bits per heavy atom. The SMILES string of the molecule is Br.CC(C)(C)c1cc(C(=O)CN2Cc3ccc(C4CC4)nc3C2=N)cc(N2CCC(OCC(=O)O)CC2)c1. The zero-order valence-electron chi connectivity index (χ0n) is 22.3. The number of hydrogen-bond acceptors (Lipinski definition) is 6. The van der Waals surface area contributed by atoms with Gasteiger partial charge in [0.15, 0.2) is 5.78 Å². The highest BCUT2D eigenvalue weighted by molar-refractivity contribution is 8.93. The van der Waals surface area contributed by atoms with Crippen molar-refractivity contribution in [3.05, 3.63) is 58.4 Å². The number of pyridine rings is 1. The third kappa shape index (κ3) is 6.26. The fourth-order valence-corrected chi connectivity index (χ4v) is 5.13. The normalized spacial score (nSPS) is 17.8. The Labute approximate surface area is 234 Å². The molecule has 2 aliphatic heterocycles. The zero-order chi connectivity index (χ0) is 26.3. The number of Topliss-reactive ketones (excluding diaryl/α,β-unsaturated/α-hetero) is 1. The average molecular weight is 586 g/mol. The van der Waals surface area contributed by atoms with Gasteiger partial charge in [0, 0.05) is 48.1 Å². The van der Waals surface area contributed by atoms with Crippen LogP contribution in [0.2, 0.25) is 0 Å². The molecule has 5 rings (SSSR count). The summed E-state index contributed by atoms with van der Waals surface area (Å²) in [5.41, 5.74) is 5.41. The molecule has 2 aromatic rings. The number of nitrogens with zero attached hydrogens (tertiary/aromatic N) is 3. The lowest BCUT2D eigenvalue weighted by atomic mass is 9.85. The van der Waals surface area contributed by atoms with Crippen LogP contribution in [0, 0.1) is 5.41 Å². The van der Waals surface area contributed by atoms with Gasteiger partial charge < -0.3 is 19.6 Å². The van der Waals surface area contributed by atoms with E-state index < -0.39 is 5.97 Å². The average Bonchev–Trinajstić information content (AvgIpc) is 3.67. The Kier molecular flexibility index (Phi) is 8.28. The Morgan fingerprint density at radius 1 is 1.11 bits per heavy atom. The number of carbonyl (C=O) groups is 2. The number of fused-ring (bicyclic) bond motifs is 1. The van der Waals surface area contributed by atoms with Gasteiger partial charge in [0.05, 0.1) is 12.6 Å². The summed E-state index contributed by atoms with van der Waals surface area (Å²) in [7, 11) is 0. The van der Waals surface area contributed by atoms with Crippen LogP contribution in [0.3, 0.4) is 0 Å². The topological polar surface area (TPSA) is 107 Å². The highest BCUT2D eigenvalue weighted by Crippen LogP contribution is 2.40. The summed E-state index contributed by atoms with van der Waals surface area (Å²) >= 11 is 0. The number of benzene rings is 1. The molecule has 1 aliphatic carbocycles. The number of piperidine rings is 1. The smallest absolute Gasteiger partial charge is 0.329 e.